The van der Waals surface area contributed by atoms with Crippen LogP contribution in [0.4, 0.5) is 5.82 Å². The third-order valence-corrected chi connectivity index (χ3v) is 6.11. The van der Waals surface area contributed by atoms with Crippen LogP contribution in [-0.4, -0.2) is 22.6 Å². The first-order valence-electron chi connectivity index (χ1n) is 9.28. The maximum atomic E-state index is 13.0. The Morgan fingerprint density at radius 3 is 2.72 bits per heavy atom. The molecule has 0 saturated carbocycles. The smallest absolute Gasteiger partial charge is 0.279 e. The second-order valence-electron chi connectivity index (χ2n) is 6.88. The van der Waals surface area contributed by atoms with Gasteiger partial charge in [0.05, 0.1) is 12.7 Å². The fraction of sp³-hybridized carbons (Fsp3) is 0.227. The van der Waals surface area contributed by atoms with Crippen molar-refractivity contribution < 1.29 is 9.53 Å². The Morgan fingerprint density at radius 1 is 1.17 bits per heavy atom. The molecular weight excluding hydrogens is 386 g/mol. The van der Waals surface area contributed by atoms with Crippen LogP contribution in [0.3, 0.4) is 0 Å². The molecular formula is C22H21N3O3S. The van der Waals surface area contributed by atoms with Crippen molar-refractivity contribution in [2.75, 3.05) is 12.4 Å². The number of anilines is 1. The van der Waals surface area contributed by atoms with E-state index in [9.17, 15) is 9.59 Å². The lowest BCUT2D eigenvalue weighted by Gasteiger charge is -2.27. The Hall–Kier alpha value is -3.06. The molecule has 1 atom stereocenters. The predicted molar refractivity (Wildman–Crippen MR) is 114 cm³/mol. The van der Waals surface area contributed by atoms with E-state index in [1.165, 1.54) is 11.8 Å². The Kier molecular flexibility index (Phi) is 5.40. The van der Waals surface area contributed by atoms with Crippen LogP contribution in [0.2, 0.25) is 0 Å². The van der Waals surface area contributed by atoms with E-state index in [1.54, 1.807) is 11.7 Å². The summed E-state index contributed by atoms with van der Waals surface area (Å²) in [6.45, 7) is 0. The monoisotopic (exact) mass is 407 g/mol. The quantitative estimate of drug-likeness (QED) is 0.517. The van der Waals surface area contributed by atoms with E-state index in [0.717, 1.165) is 11.1 Å². The highest BCUT2D eigenvalue weighted by Crippen LogP contribution is 2.37. The van der Waals surface area contributed by atoms with Crippen molar-refractivity contribution in [3.8, 4) is 5.75 Å². The van der Waals surface area contributed by atoms with E-state index >= 15 is 0 Å². The molecule has 1 unspecified atom stereocenters. The summed E-state index contributed by atoms with van der Waals surface area (Å²) in [6.07, 6.45) is 0.202. The number of nitrogens with one attached hydrogen (secondary N) is 1. The maximum absolute atomic E-state index is 13.0. The number of thioether (sulfide) groups is 1. The average molecular weight is 407 g/mol. The van der Waals surface area contributed by atoms with Gasteiger partial charge in [-0.25, -0.2) is 0 Å². The summed E-state index contributed by atoms with van der Waals surface area (Å²) in [7, 11) is 3.42. The number of aromatic nitrogens is 2. The average Bonchev–Trinajstić information content (AvgIpc) is 2.75. The first-order valence-corrected chi connectivity index (χ1v) is 10.3. The van der Waals surface area contributed by atoms with Gasteiger partial charge in [-0.1, -0.05) is 54.2 Å². The molecule has 2 heterocycles. The lowest BCUT2D eigenvalue weighted by molar-refractivity contribution is -0.116. The van der Waals surface area contributed by atoms with Crippen molar-refractivity contribution >= 4 is 23.5 Å². The molecule has 0 fully saturated rings. The van der Waals surface area contributed by atoms with Gasteiger partial charge in [0.15, 0.2) is 5.16 Å². The fourth-order valence-corrected chi connectivity index (χ4v) is 4.45. The molecule has 148 valence electrons. The normalized spacial score (nSPS) is 15.5. The van der Waals surface area contributed by atoms with Gasteiger partial charge in [-0.3, -0.25) is 9.59 Å². The molecule has 1 aliphatic rings. The third-order valence-electron chi connectivity index (χ3n) is 5.01. The van der Waals surface area contributed by atoms with Gasteiger partial charge in [-0.2, -0.15) is 4.98 Å². The number of rotatable bonds is 5. The molecule has 4 rings (SSSR count). The second kappa shape index (κ2) is 8.13. The first-order chi connectivity index (χ1) is 14.1. The predicted octanol–water partition coefficient (Wildman–Crippen LogP) is 3.56. The zero-order chi connectivity index (χ0) is 20.4. The van der Waals surface area contributed by atoms with Crippen LogP contribution in [-0.2, 0) is 17.6 Å². The SMILES string of the molecule is COc1cccc(C2CC(=O)Nc3c2c(=O)nc(SCc2ccccc2)n3C)c1. The van der Waals surface area contributed by atoms with Crippen LogP contribution in [0.5, 0.6) is 5.75 Å². The minimum atomic E-state index is -0.353. The molecule has 0 bridgehead atoms. The maximum Gasteiger partial charge on any atom is 0.279 e. The lowest BCUT2D eigenvalue weighted by atomic mass is 9.86. The number of amides is 1. The number of fused-ring (bicyclic) bond motifs is 1. The fourth-order valence-electron chi connectivity index (χ4n) is 3.53. The summed E-state index contributed by atoms with van der Waals surface area (Å²) in [4.78, 5) is 29.7. The van der Waals surface area contributed by atoms with Gasteiger partial charge in [0, 0.05) is 25.1 Å². The highest BCUT2D eigenvalue weighted by molar-refractivity contribution is 7.98. The number of carbonyl (C=O) groups excluding carboxylic acids is 1. The summed E-state index contributed by atoms with van der Waals surface area (Å²) in [5.41, 5.74) is 2.22. The summed E-state index contributed by atoms with van der Waals surface area (Å²) in [6, 6.07) is 17.5. The molecule has 1 aromatic heterocycles. The van der Waals surface area contributed by atoms with Crippen LogP contribution in [0.1, 0.15) is 29.0 Å². The van der Waals surface area contributed by atoms with E-state index in [4.69, 9.17) is 4.74 Å². The number of methoxy groups -OCH3 is 1. The molecule has 1 N–H and O–H groups in total. The molecule has 0 saturated heterocycles. The van der Waals surface area contributed by atoms with Crippen molar-refractivity contribution in [3.05, 3.63) is 81.6 Å². The molecule has 29 heavy (non-hydrogen) atoms. The number of nitrogens with zero attached hydrogens (tertiary/aromatic N) is 2. The zero-order valence-electron chi connectivity index (χ0n) is 16.2. The Bertz CT molecular complexity index is 1110. The zero-order valence-corrected chi connectivity index (χ0v) is 17.0. The van der Waals surface area contributed by atoms with Crippen LogP contribution in [0.15, 0.2) is 64.5 Å². The molecule has 1 aliphatic heterocycles. The molecule has 2 aromatic carbocycles. The van der Waals surface area contributed by atoms with E-state index in [2.05, 4.69) is 10.3 Å². The van der Waals surface area contributed by atoms with E-state index in [1.807, 2.05) is 61.6 Å². The molecule has 0 aliphatic carbocycles. The van der Waals surface area contributed by atoms with Gasteiger partial charge in [0.2, 0.25) is 5.91 Å². The van der Waals surface area contributed by atoms with Gasteiger partial charge in [0.1, 0.15) is 11.6 Å². The Labute approximate surface area is 172 Å². The van der Waals surface area contributed by atoms with Crippen molar-refractivity contribution in [2.45, 2.75) is 23.2 Å². The Morgan fingerprint density at radius 2 is 1.97 bits per heavy atom. The topological polar surface area (TPSA) is 73.2 Å². The summed E-state index contributed by atoms with van der Waals surface area (Å²) < 4.78 is 7.10. The van der Waals surface area contributed by atoms with E-state index < -0.39 is 0 Å². The van der Waals surface area contributed by atoms with Gasteiger partial charge >= 0.3 is 0 Å². The van der Waals surface area contributed by atoms with Crippen LogP contribution in [0.25, 0.3) is 0 Å². The van der Waals surface area contributed by atoms with Crippen LogP contribution >= 0.6 is 11.8 Å². The van der Waals surface area contributed by atoms with Gasteiger partial charge in [0.25, 0.3) is 5.56 Å². The number of hydrogen-bond donors (Lipinski definition) is 1. The van der Waals surface area contributed by atoms with E-state index in [0.29, 0.717) is 28.0 Å². The van der Waals surface area contributed by atoms with Crippen molar-refractivity contribution in [1.82, 2.24) is 9.55 Å². The largest absolute Gasteiger partial charge is 0.497 e. The molecule has 7 heteroatoms. The number of carbonyl (C=O) groups is 1. The summed E-state index contributed by atoms with van der Waals surface area (Å²) in [5.74, 6) is 1.42. The highest BCUT2D eigenvalue weighted by Gasteiger charge is 2.32. The molecule has 6 nitrogen and oxygen atoms in total. The summed E-state index contributed by atoms with van der Waals surface area (Å²) in [5, 5.41) is 3.45. The van der Waals surface area contributed by atoms with Crippen molar-refractivity contribution in [2.24, 2.45) is 7.05 Å². The molecule has 0 spiro atoms. The standard InChI is InChI=1S/C22H21N3O3S/c1-25-20-19(21(27)24-22(25)29-13-14-7-4-3-5-8-14)17(12-18(26)23-20)15-9-6-10-16(11-15)28-2/h3-11,17H,12-13H2,1-2H3,(H,23,26). The first kappa shape index (κ1) is 19.3. The van der Waals surface area contributed by atoms with Crippen molar-refractivity contribution in [3.63, 3.8) is 0 Å². The number of hydrogen-bond acceptors (Lipinski definition) is 5. The molecule has 1 amide bonds. The second-order valence-corrected chi connectivity index (χ2v) is 7.82. The highest BCUT2D eigenvalue weighted by atomic mass is 32.2. The molecule has 3 aromatic rings. The number of ether oxygens (including phenoxy) is 1. The third kappa shape index (κ3) is 3.91. The van der Waals surface area contributed by atoms with E-state index in [-0.39, 0.29) is 23.8 Å². The van der Waals surface area contributed by atoms with Crippen LogP contribution < -0.4 is 15.6 Å². The van der Waals surface area contributed by atoms with Gasteiger partial charge in [-0.05, 0) is 23.3 Å². The summed E-state index contributed by atoms with van der Waals surface area (Å²) >= 11 is 1.47. The van der Waals surface area contributed by atoms with Gasteiger partial charge < -0.3 is 14.6 Å². The van der Waals surface area contributed by atoms with Gasteiger partial charge in [-0.15, -0.1) is 0 Å². The number of benzene rings is 2. The Balaban J connectivity index is 1.73. The van der Waals surface area contributed by atoms with Crippen molar-refractivity contribution in [1.29, 1.82) is 0 Å². The minimum absolute atomic E-state index is 0.120. The molecule has 0 radical (unpaired) electrons. The van der Waals surface area contributed by atoms with Crippen LogP contribution in [0, 0.1) is 0 Å². The lowest BCUT2D eigenvalue weighted by Crippen LogP contribution is -2.33. The minimum Gasteiger partial charge on any atom is -0.497 e.